The zero-order chi connectivity index (χ0) is 23.5. The predicted octanol–water partition coefficient (Wildman–Crippen LogP) is 4.37. The summed E-state index contributed by atoms with van der Waals surface area (Å²) >= 11 is 0. The molecule has 7 heteroatoms. The first kappa shape index (κ1) is 21.7. The number of carbonyl (C=O) groups excluding carboxylic acids is 1. The van der Waals surface area contributed by atoms with E-state index in [4.69, 9.17) is 0 Å². The molecule has 164 valence electrons. The summed E-state index contributed by atoms with van der Waals surface area (Å²) in [5.74, 6) is -1.88. The molecule has 0 aliphatic rings. The SMILES string of the molecule is Cc1ccc(NC(=O)c2c(-c3ccccc3)c(-c3ccccc3)nn(C)c2=O)c(C(=O)O)c1. The number of nitrogens with one attached hydrogen (secondary N) is 1. The van der Waals surface area contributed by atoms with Gasteiger partial charge in [-0.2, -0.15) is 5.10 Å². The van der Waals surface area contributed by atoms with Crippen molar-refractivity contribution in [3.05, 3.63) is 106 Å². The maximum atomic E-state index is 13.5. The standard InChI is InChI=1S/C26H21N3O4/c1-16-13-14-20(19(15-16)26(32)33)27-24(30)22-21(17-9-5-3-6-10-17)23(28-29(2)25(22)31)18-11-7-4-8-12-18/h3-15H,1-2H3,(H,27,30)(H,32,33). The van der Waals surface area contributed by atoms with E-state index in [1.54, 1.807) is 25.1 Å². The van der Waals surface area contributed by atoms with Crippen LogP contribution in [0.3, 0.4) is 0 Å². The van der Waals surface area contributed by atoms with E-state index in [1.807, 2.05) is 48.5 Å². The second-order valence-electron chi connectivity index (χ2n) is 7.57. The van der Waals surface area contributed by atoms with Gasteiger partial charge in [-0.1, -0.05) is 72.3 Å². The van der Waals surface area contributed by atoms with Crippen LogP contribution >= 0.6 is 0 Å². The van der Waals surface area contributed by atoms with Crippen LogP contribution in [0.5, 0.6) is 0 Å². The molecule has 0 aliphatic carbocycles. The van der Waals surface area contributed by atoms with Crippen molar-refractivity contribution in [2.24, 2.45) is 7.05 Å². The summed E-state index contributed by atoms with van der Waals surface area (Å²) in [6, 6.07) is 23.0. The van der Waals surface area contributed by atoms with Crippen LogP contribution in [-0.2, 0) is 7.05 Å². The van der Waals surface area contributed by atoms with Crippen molar-refractivity contribution in [3.63, 3.8) is 0 Å². The van der Waals surface area contributed by atoms with Gasteiger partial charge >= 0.3 is 5.97 Å². The molecule has 33 heavy (non-hydrogen) atoms. The van der Waals surface area contributed by atoms with Crippen LogP contribution in [-0.4, -0.2) is 26.8 Å². The molecular weight excluding hydrogens is 418 g/mol. The number of amides is 1. The smallest absolute Gasteiger partial charge is 0.337 e. The van der Waals surface area contributed by atoms with Gasteiger partial charge in [-0.05, 0) is 24.6 Å². The Balaban J connectivity index is 1.95. The lowest BCUT2D eigenvalue weighted by atomic mass is 9.95. The van der Waals surface area contributed by atoms with E-state index >= 15 is 0 Å². The molecular formula is C26H21N3O4. The van der Waals surface area contributed by atoms with Gasteiger partial charge in [0.15, 0.2) is 0 Å². The lowest BCUT2D eigenvalue weighted by molar-refractivity contribution is 0.0698. The lowest BCUT2D eigenvalue weighted by Crippen LogP contribution is -2.31. The average molecular weight is 439 g/mol. The fourth-order valence-corrected chi connectivity index (χ4v) is 3.66. The molecule has 7 nitrogen and oxygen atoms in total. The number of hydrogen-bond donors (Lipinski definition) is 2. The summed E-state index contributed by atoms with van der Waals surface area (Å²) in [6.45, 7) is 1.76. The van der Waals surface area contributed by atoms with Crippen LogP contribution in [0.2, 0.25) is 0 Å². The van der Waals surface area contributed by atoms with Crippen molar-refractivity contribution in [1.82, 2.24) is 9.78 Å². The van der Waals surface area contributed by atoms with E-state index in [-0.39, 0.29) is 16.8 Å². The van der Waals surface area contributed by atoms with Crippen LogP contribution in [0.1, 0.15) is 26.3 Å². The number of hydrogen-bond acceptors (Lipinski definition) is 4. The number of carboxylic acid groups (broad SMARTS) is 1. The normalized spacial score (nSPS) is 10.6. The molecule has 0 radical (unpaired) electrons. The van der Waals surface area contributed by atoms with Crippen molar-refractivity contribution in [3.8, 4) is 22.4 Å². The Bertz CT molecular complexity index is 1410. The molecule has 4 rings (SSSR count). The van der Waals surface area contributed by atoms with Crippen molar-refractivity contribution in [2.45, 2.75) is 6.92 Å². The van der Waals surface area contributed by atoms with Gasteiger partial charge in [0.05, 0.1) is 16.9 Å². The topological polar surface area (TPSA) is 101 Å². The van der Waals surface area contributed by atoms with Crippen molar-refractivity contribution in [1.29, 1.82) is 0 Å². The molecule has 0 saturated heterocycles. The Kier molecular flexibility index (Phi) is 5.87. The molecule has 3 aromatic carbocycles. The van der Waals surface area contributed by atoms with Crippen LogP contribution in [0, 0.1) is 6.92 Å². The van der Waals surface area contributed by atoms with E-state index < -0.39 is 17.4 Å². The van der Waals surface area contributed by atoms with E-state index in [0.29, 0.717) is 16.8 Å². The third-order valence-electron chi connectivity index (χ3n) is 5.24. The minimum Gasteiger partial charge on any atom is -0.478 e. The zero-order valence-corrected chi connectivity index (χ0v) is 18.1. The fourth-order valence-electron chi connectivity index (χ4n) is 3.66. The number of benzene rings is 3. The van der Waals surface area contributed by atoms with Gasteiger partial charge in [-0.3, -0.25) is 9.59 Å². The van der Waals surface area contributed by atoms with E-state index in [1.165, 1.54) is 19.2 Å². The molecule has 0 aliphatic heterocycles. The second-order valence-corrected chi connectivity index (χ2v) is 7.57. The molecule has 4 aromatic rings. The first-order valence-electron chi connectivity index (χ1n) is 10.2. The molecule has 2 N–H and O–H groups in total. The first-order valence-corrected chi connectivity index (χ1v) is 10.2. The minimum absolute atomic E-state index is 0.0567. The summed E-state index contributed by atoms with van der Waals surface area (Å²) in [7, 11) is 1.48. The Morgan fingerprint density at radius 2 is 1.52 bits per heavy atom. The number of aromatic carboxylic acids is 1. The summed E-state index contributed by atoms with van der Waals surface area (Å²) in [6.07, 6.45) is 0. The van der Waals surface area contributed by atoms with Gasteiger partial charge in [0.25, 0.3) is 11.5 Å². The van der Waals surface area contributed by atoms with Crippen molar-refractivity contribution < 1.29 is 14.7 Å². The van der Waals surface area contributed by atoms with E-state index in [2.05, 4.69) is 10.4 Å². The molecule has 0 fully saturated rings. The summed E-state index contributed by atoms with van der Waals surface area (Å²) in [5.41, 5.74) is 2.32. The van der Waals surface area contributed by atoms with E-state index in [9.17, 15) is 19.5 Å². The van der Waals surface area contributed by atoms with Gasteiger partial charge in [-0.15, -0.1) is 0 Å². The highest BCUT2D eigenvalue weighted by atomic mass is 16.4. The molecule has 0 unspecified atom stereocenters. The minimum atomic E-state index is -1.18. The van der Waals surface area contributed by atoms with Crippen LogP contribution < -0.4 is 10.9 Å². The molecule has 1 aromatic heterocycles. The van der Waals surface area contributed by atoms with Crippen molar-refractivity contribution in [2.75, 3.05) is 5.32 Å². The number of carbonyl (C=O) groups is 2. The third kappa shape index (κ3) is 4.29. The first-order chi connectivity index (χ1) is 15.9. The Morgan fingerprint density at radius 1 is 0.909 bits per heavy atom. The van der Waals surface area contributed by atoms with Gasteiger partial charge in [0.1, 0.15) is 5.56 Å². The Labute approximate surface area is 190 Å². The molecule has 0 spiro atoms. The molecule has 1 heterocycles. The maximum absolute atomic E-state index is 13.5. The summed E-state index contributed by atoms with van der Waals surface area (Å²) in [5, 5.41) is 16.7. The highest BCUT2D eigenvalue weighted by Gasteiger charge is 2.25. The van der Waals surface area contributed by atoms with Crippen LogP contribution in [0.4, 0.5) is 5.69 Å². The largest absolute Gasteiger partial charge is 0.478 e. The molecule has 1 amide bonds. The zero-order valence-electron chi connectivity index (χ0n) is 18.1. The summed E-state index contributed by atoms with van der Waals surface area (Å²) < 4.78 is 1.12. The number of aryl methyl sites for hydroxylation is 2. The number of rotatable bonds is 5. The predicted molar refractivity (Wildman–Crippen MR) is 126 cm³/mol. The van der Waals surface area contributed by atoms with Gasteiger partial charge in [-0.25, -0.2) is 9.48 Å². The maximum Gasteiger partial charge on any atom is 0.337 e. The number of nitrogens with zero attached hydrogens (tertiary/aromatic N) is 2. The average Bonchev–Trinajstić information content (AvgIpc) is 2.82. The molecule has 0 saturated carbocycles. The number of carboxylic acids is 1. The third-order valence-corrected chi connectivity index (χ3v) is 5.24. The number of aromatic nitrogens is 2. The summed E-state index contributed by atoms with van der Waals surface area (Å²) in [4.78, 5) is 38.4. The van der Waals surface area contributed by atoms with Crippen molar-refractivity contribution >= 4 is 17.6 Å². The van der Waals surface area contributed by atoms with Gasteiger partial charge < -0.3 is 10.4 Å². The highest BCUT2D eigenvalue weighted by molar-refractivity contribution is 6.12. The lowest BCUT2D eigenvalue weighted by Gasteiger charge is -2.16. The van der Waals surface area contributed by atoms with E-state index in [0.717, 1.165) is 15.8 Å². The van der Waals surface area contributed by atoms with Crippen LogP contribution in [0.15, 0.2) is 83.7 Å². The Hall–Kier alpha value is -4.52. The quantitative estimate of drug-likeness (QED) is 0.481. The second kappa shape index (κ2) is 8.92. The highest BCUT2D eigenvalue weighted by Crippen LogP contribution is 2.32. The number of anilines is 1. The Morgan fingerprint density at radius 3 is 2.12 bits per heavy atom. The molecule has 0 bridgehead atoms. The molecule has 0 atom stereocenters. The monoisotopic (exact) mass is 439 g/mol. The van der Waals surface area contributed by atoms with Gasteiger partial charge in [0.2, 0.25) is 0 Å². The van der Waals surface area contributed by atoms with Gasteiger partial charge in [0, 0.05) is 18.2 Å². The fraction of sp³-hybridized carbons (Fsp3) is 0.0769. The van der Waals surface area contributed by atoms with Crippen LogP contribution in [0.25, 0.3) is 22.4 Å².